The topological polar surface area (TPSA) is 58.4 Å². The van der Waals surface area contributed by atoms with Crippen LogP contribution >= 0.6 is 0 Å². The first-order valence-electron chi connectivity index (χ1n) is 6.04. The minimum atomic E-state index is -0.262. The van der Waals surface area contributed by atoms with Crippen LogP contribution in [0.4, 0.5) is 5.69 Å². The number of rotatable bonds is 2. The van der Waals surface area contributed by atoms with Gasteiger partial charge in [0.2, 0.25) is 5.91 Å². The lowest BCUT2D eigenvalue weighted by Gasteiger charge is -2.29. The van der Waals surface area contributed by atoms with Gasteiger partial charge in [0.15, 0.2) is 0 Å². The Kier molecular flexibility index (Phi) is 3.64. The Balaban J connectivity index is 2.27. The SMILES string of the molecule is CC1CCN(c2ccccc2)C(CN)C(=O)N1. The maximum absolute atomic E-state index is 12.0. The van der Waals surface area contributed by atoms with Crippen LogP contribution in [-0.4, -0.2) is 31.1 Å². The molecule has 0 saturated carbocycles. The van der Waals surface area contributed by atoms with E-state index >= 15 is 0 Å². The van der Waals surface area contributed by atoms with Crippen molar-refractivity contribution in [2.75, 3.05) is 18.0 Å². The van der Waals surface area contributed by atoms with Crippen molar-refractivity contribution in [2.24, 2.45) is 5.73 Å². The third-order valence-corrected chi connectivity index (χ3v) is 3.18. The average molecular weight is 233 g/mol. The smallest absolute Gasteiger partial charge is 0.244 e. The number of hydrogen-bond acceptors (Lipinski definition) is 3. The fourth-order valence-electron chi connectivity index (χ4n) is 2.20. The second-order valence-corrected chi connectivity index (χ2v) is 4.48. The fourth-order valence-corrected chi connectivity index (χ4v) is 2.20. The van der Waals surface area contributed by atoms with E-state index in [1.807, 2.05) is 37.3 Å². The van der Waals surface area contributed by atoms with Gasteiger partial charge in [0.05, 0.1) is 0 Å². The molecular weight excluding hydrogens is 214 g/mol. The molecule has 1 aliphatic heterocycles. The molecule has 92 valence electrons. The van der Waals surface area contributed by atoms with Crippen LogP contribution in [0.15, 0.2) is 30.3 Å². The highest BCUT2D eigenvalue weighted by Gasteiger charge is 2.29. The van der Waals surface area contributed by atoms with Gasteiger partial charge in [0, 0.05) is 24.8 Å². The van der Waals surface area contributed by atoms with Crippen molar-refractivity contribution in [2.45, 2.75) is 25.4 Å². The van der Waals surface area contributed by atoms with E-state index in [4.69, 9.17) is 5.73 Å². The number of benzene rings is 1. The van der Waals surface area contributed by atoms with E-state index in [0.717, 1.165) is 18.7 Å². The van der Waals surface area contributed by atoms with Crippen LogP contribution in [0.25, 0.3) is 0 Å². The molecule has 3 N–H and O–H groups in total. The number of para-hydroxylation sites is 1. The summed E-state index contributed by atoms with van der Waals surface area (Å²) < 4.78 is 0. The van der Waals surface area contributed by atoms with Crippen LogP contribution in [-0.2, 0) is 4.79 Å². The second-order valence-electron chi connectivity index (χ2n) is 4.48. The van der Waals surface area contributed by atoms with Crippen molar-refractivity contribution >= 4 is 11.6 Å². The first-order chi connectivity index (χ1) is 8.22. The van der Waals surface area contributed by atoms with Crippen LogP contribution in [0.3, 0.4) is 0 Å². The fraction of sp³-hybridized carbons (Fsp3) is 0.462. The average Bonchev–Trinajstić information content (AvgIpc) is 2.48. The third kappa shape index (κ3) is 2.58. The number of nitrogens with one attached hydrogen (secondary N) is 1. The molecule has 2 rings (SSSR count). The molecule has 2 unspecified atom stereocenters. The highest BCUT2D eigenvalue weighted by Crippen LogP contribution is 2.19. The summed E-state index contributed by atoms with van der Waals surface area (Å²) in [6, 6.07) is 9.93. The van der Waals surface area contributed by atoms with E-state index in [-0.39, 0.29) is 18.0 Å². The number of nitrogens with zero attached hydrogens (tertiary/aromatic N) is 1. The quantitative estimate of drug-likeness (QED) is 0.791. The highest BCUT2D eigenvalue weighted by molar-refractivity contribution is 5.86. The van der Waals surface area contributed by atoms with Crippen LogP contribution in [0.5, 0.6) is 0 Å². The number of anilines is 1. The molecule has 0 aromatic heterocycles. The van der Waals surface area contributed by atoms with Crippen molar-refractivity contribution in [1.29, 1.82) is 0 Å². The molecular formula is C13H19N3O. The maximum Gasteiger partial charge on any atom is 0.244 e. The molecule has 0 aliphatic carbocycles. The summed E-state index contributed by atoms with van der Waals surface area (Å²) in [4.78, 5) is 14.1. The number of carbonyl (C=O) groups is 1. The minimum Gasteiger partial charge on any atom is -0.358 e. The number of carbonyl (C=O) groups excluding carboxylic acids is 1. The molecule has 0 spiro atoms. The Bertz CT molecular complexity index is 380. The number of amides is 1. The lowest BCUT2D eigenvalue weighted by molar-refractivity contribution is -0.122. The predicted octanol–water partition coefficient (Wildman–Crippen LogP) is 0.729. The summed E-state index contributed by atoms with van der Waals surface area (Å²) in [5, 5.41) is 2.98. The van der Waals surface area contributed by atoms with Crippen molar-refractivity contribution in [3.05, 3.63) is 30.3 Å². The van der Waals surface area contributed by atoms with E-state index < -0.39 is 0 Å². The summed E-state index contributed by atoms with van der Waals surface area (Å²) in [5.74, 6) is 0.0290. The van der Waals surface area contributed by atoms with Crippen LogP contribution in [0, 0.1) is 0 Å². The zero-order valence-electron chi connectivity index (χ0n) is 10.1. The van der Waals surface area contributed by atoms with Crippen LogP contribution in [0.1, 0.15) is 13.3 Å². The van der Waals surface area contributed by atoms with Crippen molar-refractivity contribution in [3.8, 4) is 0 Å². The van der Waals surface area contributed by atoms with Gasteiger partial charge in [-0.15, -0.1) is 0 Å². The summed E-state index contributed by atoms with van der Waals surface area (Å²) >= 11 is 0. The van der Waals surface area contributed by atoms with Crippen molar-refractivity contribution in [3.63, 3.8) is 0 Å². The molecule has 0 radical (unpaired) electrons. The van der Waals surface area contributed by atoms with E-state index in [2.05, 4.69) is 10.2 Å². The standard InChI is InChI=1S/C13H19N3O/c1-10-7-8-16(11-5-3-2-4-6-11)12(9-14)13(17)15-10/h2-6,10,12H,7-9,14H2,1H3,(H,15,17). The van der Waals surface area contributed by atoms with Crippen LogP contribution < -0.4 is 16.0 Å². The Morgan fingerprint density at radius 1 is 1.41 bits per heavy atom. The van der Waals surface area contributed by atoms with Gasteiger partial charge in [-0.2, -0.15) is 0 Å². The molecule has 1 fully saturated rings. The molecule has 17 heavy (non-hydrogen) atoms. The van der Waals surface area contributed by atoms with Crippen molar-refractivity contribution < 1.29 is 4.79 Å². The van der Waals surface area contributed by atoms with Crippen molar-refractivity contribution in [1.82, 2.24) is 5.32 Å². The number of hydrogen-bond donors (Lipinski definition) is 2. The Hall–Kier alpha value is -1.55. The first-order valence-corrected chi connectivity index (χ1v) is 6.04. The second kappa shape index (κ2) is 5.19. The van der Waals surface area contributed by atoms with Gasteiger partial charge in [0.1, 0.15) is 6.04 Å². The molecule has 1 aromatic rings. The monoisotopic (exact) mass is 233 g/mol. The van der Waals surface area contributed by atoms with E-state index in [1.54, 1.807) is 0 Å². The Morgan fingerprint density at radius 3 is 2.76 bits per heavy atom. The normalized spacial score (nSPS) is 25.3. The lowest BCUT2D eigenvalue weighted by atomic mass is 10.2. The molecule has 4 heteroatoms. The lowest BCUT2D eigenvalue weighted by Crippen LogP contribution is -2.49. The Labute approximate surface area is 102 Å². The first kappa shape index (κ1) is 11.9. The maximum atomic E-state index is 12.0. The summed E-state index contributed by atoms with van der Waals surface area (Å²) in [6.45, 7) is 3.22. The summed E-state index contributed by atoms with van der Waals surface area (Å²) in [6.07, 6.45) is 0.942. The Morgan fingerprint density at radius 2 is 2.12 bits per heavy atom. The van der Waals surface area contributed by atoms with Gasteiger partial charge in [-0.1, -0.05) is 18.2 Å². The highest BCUT2D eigenvalue weighted by atomic mass is 16.2. The molecule has 4 nitrogen and oxygen atoms in total. The van der Waals surface area contributed by atoms with E-state index in [9.17, 15) is 4.79 Å². The van der Waals surface area contributed by atoms with Gasteiger partial charge < -0.3 is 16.0 Å². The van der Waals surface area contributed by atoms with E-state index in [0.29, 0.717) is 6.54 Å². The minimum absolute atomic E-state index is 0.0290. The van der Waals surface area contributed by atoms with E-state index in [1.165, 1.54) is 0 Å². The molecule has 0 bridgehead atoms. The number of nitrogens with two attached hydrogens (primary N) is 1. The van der Waals surface area contributed by atoms with Gasteiger partial charge in [-0.3, -0.25) is 4.79 Å². The molecule has 1 aliphatic rings. The third-order valence-electron chi connectivity index (χ3n) is 3.18. The molecule has 1 amide bonds. The zero-order chi connectivity index (χ0) is 12.3. The van der Waals surface area contributed by atoms with Gasteiger partial charge in [-0.05, 0) is 25.5 Å². The van der Waals surface area contributed by atoms with Gasteiger partial charge in [-0.25, -0.2) is 0 Å². The zero-order valence-corrected chi connectivity index (χ0v) is 10.1. The molecule has 1 heterocycles. The molecule has 1 saturated heterocycles. The molecule has 1 aromatic carbocycles. The summed E-state index contributed by atoms with van der Waals surface area (Å²) in [7, 11) is 0. The van der Waals surface area contributed by atoms with Gasteiger partial charge >= 0.3 is 0 Å². The summed E-state index contributed by atoms with van der Waals surface area (Å²) in [5.41, 5.74) is 6.80. The predicted molar refractivity (Wildman–Crippen MR) is 68.9 cm³/mol. The largest absolute Gasteiger partial charge is 0.358 e. The van der Waals surface area contributed by atoms with Gasteiger partial charge in [0.25, 0.3) is 0 Å². The van der Waals surface area contributed by atoms with Crippen LogP contribution in [0.2, 0.25) is 0 Å². The molecule has 2 atom stereocenters.